The third-order valence-corrected chi connectivity index (χ3v) is 4.75. The molecule has 1 N–H and O–H groups in total. The largest absolute Gasteiger partial charge is 0.491 e. The monoisotopic (exact) mass is 498 g/mol. The van der Waals surface area contributed by atoms with Crippen LogP contribution < -0.4 is 10.2 Å². The number of halogens is 3. The predicted octanol–water partition coefficient (Wildman–Crippen LogP) is 5.77. The standard InChI is InChI=1S/C18H13Br2ClN2O3/c1-2-25-17-13(20)5-10(6-14(17)21)9-22-23-18(24)16-8-11-7-12(19)3-4-15(11)26-16/h3-9H,2H2,1H3,(H,23,24)/b22-9+. The Balaban J connectivity index is 1.72. The van der Waals surface area contributed by atoms with Gasteiger partial charge < -0.3 is 9.15 Å². The van der Waals surface area contributed by atoms with Crippen LogP contribution in [0.2, 0.25) is 5.02 Å². The molecule has 134 valence electrons. The Labute approximate surface area is 171 Å². The molecule has 1 aromatic heterocycles. The molecule has 8 heteroatoms. The number of fused-ring (bicyclic) bond motifs is 1. The number of hydrogen-bond donors (Lipinski definition) is 1. The van der Waals surface area contributed by atoms with E-state index in [0.29, 0.717) is 33.0 Å². The van der Waals surface area contributed by atoms with E-state index in [1.54, 1.807) is 24.3 Å². The van der Waals surface area contributed by atoms with E-state index in [9.17, 15) is 4.79 Å². The van der Waals surface area contributed by atoms with Gasteiger partial charge in [0.15, 0.2) is 11.5 Å². The molecule has 0 aliphatic carbocycles. The first-order valence-electron chi connectivity index (χ1n) is 7.62. The Morgan fingerprint density at radius 2 is 2.12 bits per heavy atom. The lowest BCUT2D eigenvalue weighted by Gasteiger charge is -2.08. The molecule has 0 spiro atoms. The molecule has 0 fully saturated rings. The summed E-state index contributed by atoms with van der Waals surface area (Å²) < 4.78 is 12.6. The van der Waals surface area contributed by atoms with Crippen LogP contribution in [0.25, 0.3) is 11.0 Å². The topological polar surface area (TPSA) is 63.8 Å². The summed E-state index contributed by atoms with van der Waals surface area (Å²) in [5, 5.41) is 5.23. The zero-order valence-corrected chi connectivity index (χ0v) is 17.5. The van der Waals surface area contributed by atoms with Gasteiger partial charge in [0, 0.05) is 9.86 Å². The van der Waals surface area contributed by atoms with Crippen molar-refractivity contribution in [2.24, 2.45) is 5.10 Å². The lowest BCUT2D eigenvalue weighted by molar-refractivity contribution is 0.0929. The lowest BCUT2D eigenvalue weighted by atomic mass is 10.2. The highest BCUT2D eigenvalue weighted by Gasteiger charge is 2.12. The van der Waals surface area contributed by atoms with Crippen LogP contribution in [0.15, 0.2) is 54.9 Å². The second-order valence-corrected chi connectivity index (χ2v) is 7.42. The van der Waals surface area contributed by atoms with E-state index in [-0.39, 0.29) is 5.76 Å². The molecular formula is C18H13Br2ClN2O3. The first-order valence-corrected chi connectivity index (χ1v) is 9.58. The molecule has 1 heterocycles. The highest BCUT2D eigenvalue weighted by Crippen LogP contribution is 2.34. The third-order valence-electron chi connectivity index (χ3n) is 3.39. The number of amides is 1. The first-order chi connectivity index (χ1) is 12.5. The summed E-state index contributed by atoms with van der Waals surface area (Å²) >= 11 is 13.0. The predicted molar refractivity (Wildman–Crippen MR) is 109 cm³/mol. The number of furan rings is 1. The Morgan fingerprint density at radius 3 is 2.85 bits per heavy atom. The third kappa shape index (κ3) is 4.28. The molecule has 0 bridgehead atoms. The summed E-state index contributed by atoms with van der Waals surface area (Å²) in [7, 11) is 0. The molecule has 0 aliphatic rings. The maximum atomic E-state index is 12.2. The normalized spacial score (nSPS) is 11.2. The fourth-order valence-electron chi connectivity index (χ4n) is 2.28. The fourth-order valence-corrected chi connectivity index (χ4v) is 3.65. The minimum Gasteiger partial charge on any atom is -0.491 e. The van der Waals surface area contributed by atoms with Crippen molar-refractivity contribution in [1.82, 2.24) is 5.43 Å². The quantitative estimate of drug-likeness (QED) is 0.357. The van der Waals surface area contributed by atoms with E-state index < -0.39 is 5.91 Å². The van der Waals surface area contributed by atoms with Gasteiger partial charge in [-0.3, -0.25) is 4.79 Å². The van der Waals surface area contributed by atoms with E-state index in [2.05, 4.69) is 42.4 Å². The Bertz CT molecular complexity index is 978. The molecule has 1 amide bonds. The second-order valence-electron chi connectivity index (χ2n) is 5.24. The number of ether oxygens (including phenoxy) is 1. The van der Waals surface area contributed by atoms with Crippen LogP contribution in [0, 0.1) is 0 Å². The lowest BCUT2D eigenvalue weighted by Crippen LogP contribution is -2.16. The Kier molecular flexibility index (Phi) is 6.01. The van der Waals surface area contributed by atoms with Gasteiger partial charge in [0.2, 0.25) is 0 Å². The van der Waals surface area contributed by atoms with Gasteiger partial charge in [-0.25, -0.2) is 5.43 Å². The summed E-state index contributed by atoms with van der Waals surface area (Å²) in [5.74, 6) is 0.314. The first kappa shape index (κ1) is 18.9. The molecular weight excluding hydrogens is 487 g/mol. The van der Waals surface area contributed by atoms with Crippen molar-refractivity contribution >= 4 is 66.6 Å². The van der Waals surface area contributed by atoms with Crippen LogP contribution in [0.3, 0.4) is 0 Å². The summed E-state index contributed by atoms with van der Waals surface area (Å²) in [5.41, 5.74) is 3.77. The zero-order chi connectivity index (χ0) is 18.7. The molecule has 0 atom stereocenters. The number of rotatable bonds is 5. The molecule has 0 aliphatic heterocycles. The van der Waals surface area contributed by atoms with Crippen LogP contribution in [-0.4, -0.2) is 18.7 Å². The van der Waals surface area contributed by atoms with Gasteiger partial charge in [0.25, 0.3) is 0 Å². The Hall–Kier alpha value is -1.83. The van der Waals surface area contributed by atoms with Crippen molar-refractivity contribution in [2.45, 2.75) is 6.92 Å². The van der Waals surface area contributed by atoms with Gasteiger partial charge in [0.1, 0.15) is 5.58 Å². The number of nitrogens with zero attached hydrogens (tertiary/aromatic N) is 1. The summed E-state index contributed by atoms with van der Waals surface area (Å²) in [6.07, 6.45) is 1.49. The molecule has 3 rings (SSSR count). The average molecular weight is 501 g/mol. The van der Waals surface area contributed by atoms with Crippen molar-refractivity contribution in [1.29, 1.82) is 0 Å². The highest BCUT2D eigenvalue weighted by atomic mass is 79.9. The highest BCUT2D eigenvalue weighted by molar-refractivity contribution is 9.10. The van der Waals surface area contributed by atoms with Crippen molar-refractivity contribution in [3.8, 4) is 5.75 Å². The minimum atomic E-state index is -0.440. The molecule has 0 saturated carbocycles. The average Bonchev–Trinajstić information content (AvgIpc) is 3.01. The van der Waals surface area contributed by atoms with Gasteiger partial charge in [-0.15, -0.1) is 0 Å². The van der Waals surface area contributed by atoms with Crippen LogP contribution in [0.4, 0.5) is 0 Å². The smallest absolute Gasteiger partial charge is 0.307 e. The van der Waals surface area contributed by atoms with Crippen molar-refractivity contribution < 1.29 is 13.9 Å². The van der Waals surface area contributed by atoms with E-state index in [1.807, 2.05) is 19.1 Å². The van der Waals surface area contributed by atoms with E-state index in [4.69, 9.17) is 20.8 Å². The molecule has 3 aromatic rings. The van der Waals surface area contributed by atoms with Gasteiger partial charge >= 0.3 is 5.91 Å². The summed E-state index contributed by atoms with van der Waals surface area (Å²) in [6.45, 7) is 2.39. The van der Waals surface area contributed by atoms with Gasteiger partial charge in [-0.05, 0) is 64.8 Å². The fraction of sp³-hybridized carbons (Fsp3) is 0.111. The summed E-state index contributed by atoms with van der Waals surface area (Å²) in [4.78, 5) is 12.2. The maximum Gasteiger partial charge on any atom is 0.307 e. The number of benzene rings is 2. The summed E-state index contributed by atoms with van der Waals surface area (Å²) in [6, 6.07) is 10.7. The van der Waals surface area contributed by atoms with Crippen LogP contribution >= 0.6 is 43.5 Å². The number of carbonyl (C=O) groups is 1. The maximum absolute atomic E-state index is 12.2. The SMILES string of the molecule is CCOc1c(Cl)cc(/C=N/NC(=O)c2cc3cc(Br)ccc3o2)cc1Br. The number of carbonyl (C=O) groups excluding carboxylic acids is 1. The molecule has 5 nitrogen and oxygen atoms in total. The van der Waals surface area contributed by atoms with Crippen molar-refractivity contribution in [3.63, 3.8) is 0 Å². The van der Waals surface area contributed by atoms with Crippen LogP contribution in [-0.2, 0) is 0 Å². The second kappa shape index (κ2) is 8.24. The van der Waals surface area contributed by atoms with E-state index in [1.165, 1.54) is 6.21 Å². The van der Waals surface area contributed by atoms with E-state index >= 15 is 0 Å². The zero-order valence-electron chi connectivity index (χ0n) is 13.6. The van der Waals surface area contributed by atoms with Gasteiger partial charge in [-0.1, -0.05) is 27.5 Å². The number of hydrazone groups is 1. The number of hydrogen-bond acceptors (Lipinski definition) is 4. The van der Waals surface area contributed by atoms with Crippen LogP contribution in [0.5, 0.6) is 5.75 Å². The Morgan fingerprint density at radius 1 is 1.31 bits per heavy atom. The number of nitrogens with one attached hydrogen (secondary N) is 1. The van der Waals surface area contributed by atoms with Crippen molar-refractivity contribution in [2.75, 3.05) is 6.61 Å². The molecule has 26 heavy (non-hydrogen) atoms. The molecule has 0 radical (unpaired) electrons. The van der Waals surface area contributed by atoms with Gasteiger partial charge in [0.05, 0.1) is 22.3 Å². The molecule has 2 aromatic carbocycles. The molecule has 0 saturated heterocycles. The molecule has 0 unspecified atom stereocenters. The minimum absolute atomic E-state index is 0.182. The van der Waals surface area contributed by atoms with Crippen molar-refractivity contribution in [3.05, 3.63) is 61.7 Å². The van der Waals surface area contributed by atoms with Crippen LogP contribution in [0.1, 0.15) is 23.0 Å². The van der Waals surface area contributed by atoms with Gasteiger partial charge in [-0.2, -0.15) is 5.10 Å². The van der Waals surface area contributed by atoms with E-state index in [0.717, 1.165) is 9.86 Å².